The minimum Gasteiger partial charge on any atom is -0.652 e. The molecule has 0 aliphatic rings. The number of carbonyl (C=O) groups is 2. The van der Waals surface area contributed by atoms with Crippen LogP contribution >= 0.6 is 0 Å². The van der Waals surface area contributed by atoms with Crippen LogP contribution in [0.3, 0.4) is 0 Å². The van der Waals surface area contributed by atoms with E-state index >= 15 is 0 Å². The third kappa shape index (κ3) is 524. The molecule has 0 rings (SSSR count). The van der Waals surface area contributed by atoms with Crippen LogP contribution in [0.15, 0.2) is 0 Å². The zero-order chi connectivity index (χ0) is 7.15. The molecule has 0 fully saturated rings. The second-order valence-corrected chi connectivity index (χ2v) is 0.500. The van der Waals surface area contributed by atoms with Gasteiger partial charge in [-0.1, -0.05) is 0 Å². The van der Waals surface area contributed by atoms with E-state index in [-0.39, 0.29) is 75.5 Å². The predicted octanol–water partition coefficient (Wildman–Crippen LogP) is -5.66. The average molecular weight is 200 g/mol. The number of rotatable bonds is 0. The van der Waals surface area contributed by atoms with Gasteiger partial charge in [0.05, 0.1) is 0 Å². The number of carbonyl (C=O) groups excluding carboxylic acids is 2. The molecule has 0 aliphatic heterocycles. The van der Waals surface area contributed by atoms with E-state index < -0.39 is 12.3 Å². The van der Waals surface area contributed by atoms with Crippen LogP contribution in [0.5, 0.6) is 0 Å². The Morgan fingerprint density at radius 1 is 0.700 bits per heavy atom. The molecule has 0 heterocycles. The Bertz CT molecular complexity index is 71.7. The summed E-state index contributed by atoms with van der Waals surface area (Å²) in [4.78, 5) is 16.7. The third-order valence-electron chi connectivity index (χ3n) is 0. The molecule has 0 aromatic rings. The molecule has 0 amide bonds. The molecule has 0 bridgehead atoms. The largest absolute Gasteiger partial charge is 2.00 e. The minimum atomic E-state index is -2.33. The maximum atomic E-state index is 8.33. The molecular weight excluding hydrogens is 200 g/mol. The van der Waals surface area contributed by atoms with Gasteiger partial charge in [0.15, 0.2) is 0 Å². The van der Waals surface area contributed by atoms with Gasteiger partial charge in [-0.2, -0.15) is 0 Å². The molecular formula is C2Ca2O6. The van der Waals surface area contributed by atoms with Crippen molar-refractivity contribution in [2.75, 3.05) is 0 Å². The normalized spacial score (nSPS) is 4.80. The van der Waals surface area contributed by atoms with E-state index in [1.54, 1.807) is 0 Å². The van der Waals surface area contributed by atoms with Crippen LogP contribution in [0.25, 0.3) is 0 Å². The summed E-state index contributed by atoms with van der Waals surface area (Å²) in [6.45, 7) is 0. The fourth-order valence-corrected chi connectivity index (χ4v) is 0. The van der Waals surface area contributed by atoms with Crippen LogP contribution in [0.4, 0.5) is 9.59 Å². The summed E-state index contributed by atoms with van der Waals surface area (Å²) in [6.07, 6.45) is -4.67. The van der Waals surface area contributed by atoms with Crippen molar-refractivity contribution in [3.05, 3.63) is 0 Å². The molecule has 0 N–H and O–H groups in total. The molecule has 0 saturated heterocycles. The van der Waals surface area contributed by atoms with E-state index in [4.69, 9.17) is 30.0 Å². The molecule has 0 aromatic carbocycles. The molecule has 0 spiro atoms. The number of carboxylic acid groups (broad SMARTS) is 4. The van der Waals surface area contributed by atoms with Crippen LogP contribution < -0.4 is 20.4 Å². The quantitative estimate of drug-likeness (QED) is 0.358. The second kappa shape index (κ2) is 16.6. The van der Waals surface area contributed by atoms with Gasteiger partial charge in [0.2, 0.25) is 0 Å². The zero-order valence-electron chi connectivity index (χ0n) is 4.86. The van der Waals surface area contributed by atoms with E-state index in [9.17, 15) is 0 Å². The summed E-state index contributed by atoms with van der Waals surface area (Å²) in [6, 6.07) is 0. The molecule has 0 aliphatic carbocycles. The van der Waals surface area contributed by atoms with Gasteiger partial charge in [-0.3, -0.25) is 0 Å². The maximum Gasteiger partial charge on any atom is 2.00 e. The van der Waals surface area contributed by atoms with Gasteiger partial charge >= 0.3 is 75.5 Å². The van der Waals surface area contributed by atoms with Gasteiger partial charge in [-0.25, -0.2) is 0 Å². The first-order valence-electron chi connectivity index (χ1n) is 1.22. The molecule has 0 saturated carbocycles. The van der Waals surface area contributed by atoms with Gasteiger partial charge in [-0.15, -0.1) is 0 Å². The maximum absolute atomic E-state index is 8.33. The Balaban J connectivity index is -0.0000000300. The zero-order valence-corrected chi connectivity index (χ0v) is 9.28. The minimum absolute atomic E-state index is 0. The topological polar surface area (TPSA) is 126 Å². The Morgan fingerprint density at radius 2 is 0.700 bits per heavy atom. The molecule has 10 heavy (non-hydrogen) atoms. The Kier molecular flexibility index (Phi) is 37.2. The summed E-state index contributed by atoms with van der Waals surface area (Å²) in [5.74, 6) is 0. The van der Waals surface area contributed by atoms with Crippen molar-refractivity contribution in [2.45, 2.75) is 0 Å². The molecule has 0 atom stereocenters. The van der Waals surface area contributed by atoms with E-state index in [1.165, 1.54) is 0 Å². The predicted molar refractivity (Wildman–Crippen MR) is 22.3 cm³/mol. The summed E-state index contributed by atoms with van der Waals surface area (Å²) in [7, 11) is 0. The number of hydrogen-bond donors (Lipinski definition) is 0. The van der Waals surface area contributed by atoms with Crippen LogP contribution in [0, 0.1) is 0 Å². The van der Waals surface area contributed by atoms with Gasteiger partial charge in [-0.05, 0) is 12.3 Å². The summed E-state index contributed by atoms with van der Waals surface area (Å²) in [5.41, 5.74) is 0. The second-order valence-electron chi connectivity index (χ2n) is 0.500. The van der Waals surface area contributed by atoms with E-state index in [1.807, 2.05) is 0 Å². The standard InChI is InChI=1S/2CH2O3.2Ca/c2*2-1(3)4;;/h2*(H2,2,3,4);;/q;;2*+2/p-4. The average Bonchev–Trinajstić information content (AvgIpc) is 1.25. The smallest absolute Gasteiger partial charge is 0.652 e. The van der Waals surface area contributed by atoms with Crippen molar-refractivity contribution < 1.29 is 30.0 Å². The molecule has 48 valence electrons. The molecule has 6 nitrogen and oxygen atoms in total. The Morgan fingerprint density at radius 3 is 0.700 bits per heavy atom. The Labute approximate surface area is 116 Å². The molecule has 0 aromatic heterocycles. The Hall–Kier alpha value is 1.06. The van der Waals surface area contributed by atoms with Crippen molar-refractivity contribution in [3.63, 3.8) is 0 Å². The summed E-state index contributed by atoms with van der Waals surface area (Å²) >= 11 is 0. The van der Waals surface area contributed by atoms with Crippen molar-refractivity contribution in [2.24, 2.45) is 0 Å². The first kappa shape index (κ1) is 22.5. The van der Waals surface area contributed by atoms with Crippen LogP contribution in [0.1, 0.15) is 0 Å². The van der Waals surface area contributed by atoms with Gasteiger partial charge < -0.3 is 30.0 Å². The SMILES string of the molecule is O=C([O-])[O-].O=C([O-])[O-].[Ca+2].[Ca+2]. The van der Waals surface area contributed by atoms with E-state index in [2.05, 4.69) is 0 Å². The summed E-state index contributed by atoms with van der Waals surface area (Å²) in [5, 5.41) is 33.3. The molecule has 0 radical (unpaired) electrons. The molecule has 0 unspecified atom stereocenters. The van der Waals surface area contributed by atoms with Gasteiger partial charge in [0, 0.05) is 0 Å². The monoisotopic (exact) mass is 200 g/mol. The van der Waals surface area contributed by atoms with Crippen LogP contribution in [-0.4, -0.2) is 87.8 Å². The first-order chi connectivity index (χ1) is 3.46. The van der Waals surface area contributed by atoms with E-state index in [0.29, 0.717) is 0 Å². The molecule has 8 heteroatoms. The number of hydrogen-bond acceptors (Lipinski definition) is 6. The van der Waals surface area contributed by atoms with E-state index in [0.717, 1.165) is 0 Å². The fourth-order valence-electron chi connectivity index (χ4n) is 0. The van der Waals surface area contributed by atoms with Crippen molar-refractivity contribution in [1.82, 2.24) is 0 Å². The van der Waals surface area contributed by atoms with Crippen molar-refractivity contribution in [1.29, 1.82) is 0 Å². The van der Waals surface area contributed by atoms with Crippen LogP contribution in [-0.2, 0) is 0 Å². The summed E-state index contributed by atoms with van der Waals surface area (Å²) < 4.78 is 0. The van der Waals surface area contributed by atoms with Crippen molar-refractivity contribution in [3.8, 4) is 0 Å². The first-order valence-corrected chi connectivity index (χ1v) is 1.22. The van der Waals surface area contributed by atoms with Gasteiger partial charge in [0.1, 0.15) is 0 Å². The van der Waals surface area contributed by atoms with Crippen LogP contribution in [0.2, 0.25) is 0 Å². The van der Waals surface area contributed by atoms with Gasteiger partial charge in [0.25, 0.3) is 0 Å². The fraction of sp³-hybridized carbons (Fsp3) is 0. The van der Waals surface area contributed by atoms with Crippen molar-refractivity contribution >= 4 is 87.8 Å². The third-order valence-corrected chi connectivity index (χ3v) is 0.